The smallest absolute Gasteiger partial charge is 0.171 e. The zero-order chi connectivity index (χ0) is 8.93. The van der Waals surface area contributed by atoms with Crippen LogP contribution in [0.3, 0.4) is 0 Å². The molecule has 1 unspecified atom stereocenters. The topological polar surface area (TPSA) is 0 Å². The van der Waals surface area contributed by atoms with Crippen molar-refractivity contribution in [2.75, 3.05) is 0 Å². The molecule has 2 bridgehead atoms. The maximum absolute atomic E-state index is 12.4. The van der Waals surface area contributed by atoms with Crippen LogP contribution in [0.4, 0.5) is 13.2 Å². The summed E-state index contributed by atoms with van der Waals surface area (Å²) in [6.07, 6.45) is -1.92. The second kappa shape index (κ2) is 2.39. The molecule has 3 aliphatic carbocycles. The van der Waals surface area contributed by atoms with Crippen LogP contribution in [-0.4, -0.2) is 6.18 Å². The predicted octanol–water partition coefficient (Wildman–Crippen LogP) is 3.23. The van der Waals surface area contributed by atoms with Gasteiger partial charge in [-0.15, -0.1) is 0 Å². The molecule has 0 aromatic rings. The van der Waals surface area contributed by atoms with Crippen LogP contribution in [0.1, 0.15) is 26.2 Å². The average Bonchev–Trinajstić information content (AvgIpc) is 1.81. The lowest BCUT2D eigenvalue weighted by atomic mass is 9.56. The molecule has 0 amide bonds. The van der Waals surface area contributed by atoms with Crippen LogP contribution >= 0.6 is 0 Å². The lowest BCUT2D eigenvalue weighted by molar-refractivity contribution is -0.224. The van der Waals surface area contributed by atoms with Crippen molar-refractivity contribution >= 4 is 0 Å². The monoisotopic (exact) mass is 178 g/mol. The maximum atomic E-state index is 12.4. The number of hydrogen-bond donors (Lipinski definition) is 0. The fourth-order valence-corrected chi connectivity index (χ4v) is 2.69. The summed E-state index contributed by atoms with van der Waals surface area (Å²) in [4.78, 5) is 0. The molecule has 0 heterocycles. The highest BCUT2D eigenvalue weighted by molar-refractivity contribution is 4.96. The van der Waals surface area contributed by atoms with Crippen LogP contribution in [0.2, 0.25) is 0 Å². The first-order valence-electron chi connectivity index (χ1n) is 4.55. The van der Waals surface area contributed by atoms with Crippen molar-refractivity contribution in [3.63, 3.8) is 0 Å². The standard InChI is InChI=1S/C9H13F3/c1-5-2-8(9(10,11)12)7-3-6(5)4-7/h5-8H,2-4H2,1H3/t5-,6?,7?,8?/m1/s1. The molecule has 0 nitrogen and oxygen atoms in total. The third-order valence-electron chi connectivity index (χ3n) is 3.63. The fourth-order valence-electron chi connectivity index (χ4n) is 2.69. The fraction of sp³-hybridized carbons (Fsp3) is 1.00. The SMILES string of the molecule is C[C@@H]1CC(C(F)(F)F)C2CC1C2. The van der Waals surface area contributed by atoms with Crippen LogP contribution in [-0.2, 0) is 0 Å². The van der Waals surface area contributed by atoms with Gasteiger partial charge in [0.25, 0.3) is 0 Å². The Hall–Kier alpha value is -0.210. The maximum Gasteiger partial charge on any atom is 0.392 e. The summed E-state index contributed by atoms with van der Waals surface area (Å²) in [5.41, 5.74) is 0. The van der Waals surface area contributed by atoms with Gasteiger partial charge in [0.05, 0.1) is 5.92 Å². The summed E-state index contributed by atoms with van der Waals surface area (Å²) in [6, 6.07) is 0. The first kappa shape index (κ1) is 8.39. The van der Waals surface area contributed by atoms with Crippen molar-refractivity contribution in [3.8, 4) is 0 Å². The van der Waals surface area contributed by atoms with Gasteiger partial charge in [0, 0.05) is 0 Å². The molecule has 0 radical (unpaired) electrons. The van der Waals surface area contributed by atoms with E-state index in [0.29, 0.717) is 18.3 Å². The molecule has 0 aromatic carbocycles. The van der Waals surface area contributed by atoms with E-state index in [2.05, 4.69) is 0 Å². The molecule has 12 heavy (non-hydrogen) atoms. The Balaban J connectivity index is 2.07. The normalized spacial score (nSPS) is 47.0. The number of hydrogen-bond acceptors (Lipinski definition) is 0. The van der Waals surface area contributed by atoms with Crippen LogP contribution in [0.25, 0.3) is 0 Å². The number of rotatable bonds is 0. The van der Waals surface area contributed by atoms with Crippen molar-refractivity contribution in [2.45, 2.75) is 32.4 Å². The molecule has 0 N–H and O–H groups in total. The van der Waals surface area contributed by atoms with E-state index in [9.17, 15) is 13.2 Å². The molecule has 0 aliphatic heterocycles. The molecule has 0 aromatic heterocycles. The summed E-state index contributed by atoms with van der Waals surface area (Å²) >= 11 is 0. The van der Waals surface area contributed by atoms with E-state index in [1.807, 2.05) is 6.92 Å². The Bertz CT molecular complexity index is 179. The van der Waals surface area contributed by atoms with Crippen LogP contribution in [0.5, 0.6) is 0 Å². The third kappa shape index (κ3) is 1.14. The van der Waals surface area contributed by atoms with E-state index in [1.54, 1.807) is 0 Å². The Morgan fingerprint density at radius 3 is 1.92 bits per heavy atom. The van der Waals surface area contributed by atoms with Gasteiger partial charge >= 0.3 is 6.18 Å². The van der Waals surface area contributed by atoms with Crippen LogP contribution in [0.15, 0.2) is 0 Å². The number of halogens is 3. The van der Waals surface area contributed by atoms with E-state index < -0.39 is 12.1 Å². The minimum atomic E-state index is -3.94. The van der Waals surface area contributed by atoms with Crippen molar-refractivity contribution < 1.29 is 13.2 Å². The molecule has 3 rings (SSSR count). The van der Waals surface area contributed by atoms with E-state index in [1.165, 1.54) is 0 Å². The molecule has 3 heteroatoms. The van der Waals surface area contributed by atoms with E-state index in [0.717, 1.165) is 12.8 Å². The van der Waals surface area contributed by atoms with Gasteiger partial charge in [0.15, 0.2) is 0 Å². The van der Waals surface area contributed by atoms with Crippen molar-refractivity contribution in [1.29, 1.82) is 0 Å². The highest BCUT2D eigenvalue weighted by Crippen LogP contribution is 2.56. The first-order chi connectivity index (χ1) is 5.48. The second-order valence-corrected chi connectivity index (χ2v) is 4.35. The molecule has 70 valence electrons. The molecule has 3 fully saturated rings. The van der Waals surface area contributed by atoms with Crippen molar-refractivity contribution in [2.24, 2.45) is 23.7 Å². The van der Waals surface area contributed by atoms with Gasteiger partial charge in [-0.2, -0.15) is 13.2 Å². The number of fused-ring (bicyclic) bond motifs is 2. The first-order valence-corrected chi connectivity index (χ1v) is 4.55. The minimum Gasteiger partial charge on any atom is -0.171 e. The lowest BCUT2D eigenvalue weighted by Crippen LogP contribution is -2.47. The van der Waals surface area contributed by atoms with Gasteiger partial charge in [-0.05, 0) is 37.0 Å². The van der Waals surface area contributed by atoms with Gasteiger partial charge in [-0.25, -0.2) is 0 Å². The Kier molecular flexibility index (Phi) is 1.67. The summed E-state index contributed by atoms with van der Waals surface area (Å²) in [7, 11) is 0. The van der Waals surface area contributed by atoms with Crippen LogP contribution < -0.4 is 0 Å². The van der Waals surface area contributed by atoms with Gasteiger partial charge in [-0.3, -0.25) is 0 Å². The summed E-state index contributed by atoms with van der Waals surface area (Å²) in [6.45, 7) is 1.96. The summed E-state index contributed by atoms with van der Waals surface area (Å²) in [5, 5.41) is 0. The molecule has 0 saturated heterocycles. The highest BCUT2D eigenvalue weighted by Gasteiger charge is 2.54. The predicted molar refractivity (Wildman–Crippen MR) is 39.5 cm³/mol. The molecule has 3 aliphatic rings. The second-order valence-electron chi connectivity index (χ2n) is 4.35. The zero-order valence-electron chi connectivity index (χ0n) is 7.06. The van der Waals surface area contributed by atoms with Gasteiger partial charge in [0.2, 0.25) is 0 Å². The van der Waals surface area contributed by atoms with Gasteiger partial charge in [0.1, 0.15) is 0 Å². The molecular weight excluding hydrogens is 165 g/mol. The van der Waals surface area contributed by atoms with Crippen molar-refractivity contribution in [1.82, 2.24) is 0 Å². The van der Waals surface area contributed by atoms with E-state index in [-0.39, 0.29) is 5.92 Å². The molecule has 2 atom stereocenters. The lowest BCUT2D eigenvalue weighted by Gasteiger charge is -2.50. The summed E-state index contributed by atoms with van der Waals surface area (Å²) < 4.78 is 37.2. The Morgan fingerprint density at radius 1 is 1.00 bits per heavy atom. The largest absolute Gasteiger partial charge is 0.392 e. The van der Waals surface area contributed by atoms with Gasteiger partial charge in [-0.1, -0.05) is 6.92 Å². The zero-order valence-corrected chi connectivity index (χ0v) is 7.06. The molecular formula is C9H13F3. The average molecular weight is 178 g/mol. The quantitative estimate of drug-likeness (QED) is 0.534. The van der Waals surface area contributed by atoms with Crippen LogP contribution in [0, 0.1) is 23.7 Å². The molecule has 0 spiro atoms. The molecule has 3 saturated carbocycles. The van der Waals surface area contributed by atoms with Gasteiger partial charge < -0.3 is 0 Å². The van der Waals surface area contributed by atoms with Crippen molar-refractivity contribution in [3.05, 3.63) is 0 Å². The third-order valence-corrected chi connectivity index (χ3v) is 3.63. The Morgan fingerprint density at radius 2 is 1.58 bits per heavy atom. The summed E-state index contributed by atoms with van der Waals surface area (Å²) in [5.74, 6) is -0.126. The Labute approximate surface area is 70.1 Å². The minimum absolute atomic E-state index is 0.0359. The highest BCUT2D eigenvalue weighted by atomic mass is 19.4. The van der Waals surface area contributed by atoms with E-state index in [4.69, 9.17) is 0 Å². The number of alkyl halides is 3. The van der Waals surface area contributed by atoms with E-state index >= 15 is 0 Å².